The molecule has 7 heteroatoms. The molecule has 0 N–H and O–H groups in total. The first-order chi connectivity index (χ1) is 10.3. The fraction of sp³-hybridized carbons (Fsp3) is 0.133. The number of ether oxygens (including phenoxy) is 1. The number of sulfonamides is 1. The highest BCUT2D eigenvalue weighted by molar-refractivity contribution is 7.89. The van der Waals surface area contributed by atoms with Crippen molar-refractivity contribution in [3.05, 3.63) is 59.9 Å². The van der Waals surface area contributed by atoms with E-state index in [9.17, 15) is 17.6 Å². The molecule has 0 heterocycles. The summed E-state index contributed by atoms with van der Waals surface area (Å²) in [6.07, 6.45) is 0. The number of esters is 1. The Morgan fingerprint density at radius 2 is 1.73 bits per heavy atom. The molecule has 0 spiro atoms. The van der Waals surface area contributed by atoms with Gasteiger partial charge in [0.15, 0.2) is 0 Å². The minimum absolute atomic E-state index is 0.0693. The number of halogens is 1. The van der Waals surface area contributed by atoms with Crippen molar-refractivity contribution < 1.29 is 22.3 Å². The first kappa shape index (κ1) is 16.1. The summed E-state index contributed by atoms with van der Waals surface area (Å²) in [5.41, 5.74) is 0.168. The summed E-state index contributed by atoms with van der Waals surface area (Å²) in [4.78, 5) is 12.0. The Morgan fingerprint density at radius 3 is 2.27 bits per heavy atom. The molecule has 0 bridgehead atoms. The Kier molecular flexibility index (Phi) is 4.58. The van der Waals surface area contributed by atoms with Gasteiger partial charge in [-0.3, -0.25) is 0 Å². The van der Waals surface area contributed by atoms with Crippen LogP contribution in [0.2, 0.25) is 0 Å². The predicted octanol–water partition coefficient (Wildman–Crippen LogP) is 2.30. The van der Waals surface area contributed by atoms with Gasteiger partial charge in [0, 0.05) is 20.2 Å². The van der Waals surface area contributed by atoms with Crippen LogP contribution >= 0.6 is 0 Å². The molecular weight excluding hydrogens is 309 g/mol. The summed E-state index contributed by atoms with van der Waals surface area (Å²) >= 11 is 0. The molecule has 0 fully saturated rings. The maximum absolute atomic E-state index is 13.0. The fourth-order valence-electron chi connectivity index (χ4n) is 1.67. The monoisotopic (exact) mass is 323 g/mol. The van der Waals surface area contributed by atoms with Crippen molar-refractivity contribution in [2.45, 2.75) is 4.90 Å². The number of nitrogens with zero attached hydrogens (tertiary/aromatic N) is 1. The van der Waals surface area contributed by atoms with E-state index in [0.717, 1.165) is 10.4 Å². The molecule has 0 unspecified atom stereocenters. The largest absolute Gasteiger partial charge is 0.423 e. The minimum Gasteiger partial charge on any atom is -0.423 e. The Hall–Kier alpha value is -2.25. The van der Waals surface area contributed by atoms with Gasteiger partial charge in [0.1, 0.15) is 11.6 Å². The Labute approximate surface area is 128 Å². The number of benzene rings is 2. The molecule has 0 amide bonds. The summed E-state index contributed by atoms with van der Waals surface area (Å²) in [6.45, 7) is 0. The summed E-state index contributed by atoms with van der Waals surface area (Å²) in [6, 6.07) is 10.5. The number of carbonyl (C=O) groups excluding carboxylic acids is 1. The molecule has 116 valence electrons. The first-order valence-electron chi connectivity index (χ1n) is 6.31. The van der Waals surface area contributed by atoms with Gasteiger partial charge in [-0.1, -0.05) is 6.07 Å². The number of rotatable bonds is 4. The van der Waals surface area contributed by atoms with Crippen LogP contribution in [-0.2, 0) is 10.0 Å². The van der Waals surface area contributed by atoms with E-state index in [0.29, 0.717) is 0 Å². The van der Waals surface area contributed by atoms with Crippen molar-refractivity contribution in [2.75, 3.05) is 14.1 Å². The summed E-state index contributed by atoms with van der Waals surface area (Å²) in [5, 5.41) is 0. The van der Waals surface area contributed by atoms with Gasteiger partial charge in [-0.15, -0.1) is 0 Å². The van der Waals surface area contributed by atoms with Gasteiger partial charge < -0.3 is 4.74 Å². The lowest BCUT2D eigenvalue weighted by molar-refractivity contribution is 0.0734. The van der Waals surface area contributed by atoms with E-state index in [1.165, 1.54) is 56.6 Å². The SMILES string of the molecule is CN(C)S(=O)(=O)c1ccc(C(=O)Oc2cccc(F)c2)cc1. The van der Waals surface area contributed by atoms with Gasteiger partial charge in [0.2, 0.25) is 10.0 Å². The maximum atomic E-state index is 13.0. The first-order valence-corrected chi connectivity index (χ1v) is 7.75. The van der Waals surface area contributed by atoms with Gasteiger partial charge in [-0.25, -0.2) is 21.9 Å². The molecule has 22 heavy (non-hydrogen) atoms. The molecule has 0 saturated heterocycles. The lowest BCUT2D eigenvalue weighted by Crippen LogP contribution is -2.22. The molecule has 2 aromatic rings. The van der Waals surface area contributed by atoms with E-state index in [4.69, 9.17) is 4.74 Å². The van der Waals surface area contributed by atoms with E-state index in [1.807, 2.05) is 0 Å². The van der Waals surface area contributed by atoms with Crippen LogP contribution in [0.15, 0.2) is 53.4 Å². The molecule has 0 atom stereocenters. The van der Waals surface area contributed by atoms with Gasteiger partial charge in [0.25, 0.3) is 0 Å². The van der Waals surface area contributed by atoms with Crippen LogP contribution < -0.4 is 4.74 Å². The molecule has 0 aliphatic carbocycles. The Bertz CT molecular complexity index is 785. The molecule has 2 rings (SSSR count). The average molecular weight is 323 g/mol. The maximum Gasteiger partial charge on any atom is 0.343 e. The van der Waals surface area contributed by atoms with Crippen molar-refractivity contribution in [1.82, 2.24) is 4.31 Å². The van der Waals surface area contributed by atoms with Gasteiger partial charge >= 0.3 is 5.97 Å². The zero-order valence-electron chi connectivity index (χ0n) is 12.0. The van der Waals surface area contributed by atoms with Crippen molar-refractivity contribution in [3.63, 3.8) is 0 Å². The lowest BCUT2D eigenvalue weighted by Gasteiger charge is -2.11. The third kappa shape index (κ3) is 3.49. The molecule has 2 aromatic carbocycles. The van der Waals surface area contributed by atoms with Crippen molar-refractivity contribution >= 4 is 16.0 Å². The average Bonchev–Trinajstić information content (AvgIpc) is 2.47. The number of hydrogen-bond acceptors (Lipinski definition) is 4. The second-order valence-corrected chi connectivity index (χ2v) is 6.81. The number of carbonyl (C=O) groups is 1. The number of hydrogen-bond donors (Lipinski definition) is 0. The van der Waals surface area contributed by atoms with E-state index >= 15 is 0 Å². The van der Waals surface area contributed by atoms with Gasteiger partial charge in [-0.2, -0.15) is 0 Å². The van der Waals surface area contributed by atoms with Crippen LogP contribution in [0.3, 0.4) is 0 Å². The normalized spacial score (nSPS) is 11.5. The molecule has 0 aliphatic heterocycles. The van der Waals surface area contributed by atoms with Crippen LogP contribution in [0.4, 0.5) is 4.39 Å². The summed E-state index contributed by atoms with van der Waals surface area (Å²) in [5.74, 6) is -1.13. The Balaban J connectivity index is 2.19. The quantitative estimate of drug-likeness (QED) is 0.640. The molecule has 0 saturated carbocycles. The zero-order valence-corrected chi connectivity index (χ0v) is 12.8. The third-order valence-corrected chi connectivity index (χ3v) is 4.70. The van der Waals surface area contributed by atoms with Crippen LogP contribution in [0.5, 0.6) is 5.75 Å². The van der Waals surface area contributed by atoms with Gasteiger partial charge in [-0.05, 0) is 36.4 Å². The van der Waals surface area contributed by atoms with Crippen molar-refractivity contribution in [2.24, 2.45) is 0 Å². The van der Waals surface area contributed by atoms with E-state index in [1.54, 1.807) is 0 Å². The molecular formula is C15H14FNO4S. The minimum atomic E-state index is -3.55. The summed E-state index contributed by atoms with van der Waals surface area (Å²) < 4.78 is 42.9. The molecule has 0 aromatic heterocycles. The van der Waals surface area contributed by atoms with E-state index < -0.39 is 21.8 Å². The van der Waals surface area contributed by atoms with E-state index in [2.05, 4.69) is 0 Å². The third-order valence-electron chi connectivity index (χ3n) is 2.88. The van der Waals surface area contributed by atoms with Crippen LogP contribution in [-0.4, -0.2) is 32.8 Å². The fourth-order valence-corrected chi connectivity index (χ4v) is 2.57. The van der Waals surface area contributed by atoms with Gasteiger partial charge in [0.05, 0.1) is 10.5 Å². The smallest absolute Gasteiger partial charge is 0.343 e. The lowest BCUT2D eigenvalue weighted by atomic mass is 10.2. The predicted molar refractivity (Wildman–Crippen MR) is 78.7 cm³/mol. The topological polar surface area (TPSA) is 63.7 Å². The van der Waals surface area contributed by atoms with Crippen LogP contribution in [0, 0.1) is 5.82 Å². The highest BCUT2D eigenvalue weighted by atomic mass is 32.2. The molecule has 0 radical (unpaired) electrons. The zero-order chi connectivity index (χ0) is 16.3. The standard InChI is InChI=1S/C15H14FNO4S/c1-17(2)22(19,20)14-8-6-11(7-9-14)15(18)21-13-5-3-4-12(16)10-13/h3-10H,1-2H3. The van der Waals surface area contributed by atoms with Crippen LogP contribution in [0.25, 0.3) is 0 Å². The summed E-state index contributed by atoms with van der Waals surface area (Å²) in [7, 11) is -0.716. The van der Waals surface area contributed by atoms with Crippen molar-refractivity contribution in [1.29, 1.82) is 0 Å². The second kappa shape index (κ2) is 6.25. The van der Waals surface area contributed by atoms with Crippen LogP contribution in [0.1, 0.15) is 10.4 Å². The second-order valence-electron chi connectivity index (χ2n) is 4.66. The highest BCUT2D eigenvalue weighted by Gasteiger charge is 2.18. The highest BCUT2D eigenvalue weighted by Crippen LogP contribution is 2.17. The molecule has 5 nitrogen and oxygen atoms in total. The molecule has 0 aliphatic rings. The van der Waals surface area contributed by atoms with Crippen molar-refractivity contribution in [3.8, 4) is 5.75 Å². The van der Waals surface area contributed by atoms with E-state index in [-0.39, 0.29) is 16.2 Å². The Morgan fingerprint density at radius 1 is 1.09 bits per heavy atom.